The van der Waals surface area contributed by atoms with Gasteiger partial charge in [-0.2, -0.15) is 0 Å². The standard InChI is InChI=1S/C17H13BrO3/c1-9-7-12-15(8-14(9)19)21-10(2)16(17(12)20)11-5-3-4-6-13(11)18/h3-8,19H,1-2H3. The van der Waals surface area contributed by atoms with E-state index in [1.54, 1.807) is 19.9 Å². The maximum absolute atomic E-state index is 12.8. The summed E-state index contributed by atoms with van der Waals surface area (Å²) in [5.74, 6) is 0.654. The van der Waals surface area contributed by atoms with Crippen LogP contribution in [-0.4, -0.2) is 5.11 Å². The summed E-state index contributed by atoms with van der Waals surface area (Å²) in [4.78, 5) is 12.8. The summed E-state index contributed by atoms with van der Waals surface area (Å²) in [5, 5.41) is 10.2. The summed E-state index contributed by atoms with van der Waals surface area (Å²) >= 11 is 3.47. The molecule has 0 aliphatic rings. The molecule has 3 nitrogen and oxygen atoms in total. The second-order valence-corrected chi connectivity index (χ2v) is 5.83. The number of aryl methyl sites for hydroxylation is 2. The van der Waals surface area contributed by atoms with Gasteiger partial charge in [0.2, 0.25) is 5.43 Å². The highest BCUT2D eigenvalue weighted by atomic mass is 79.9. The van der Waals surface area contributed by atoms with E-state index in [4.69, 9.17) is 4.42 Å². The Hall–Kier alpha value is -2.07. The largest absolute Gasteiger partial charge is 0.508 e. The maximum atomic E-state index is 12.8. The van der Waals surface area contributed by atoms with Crippen molar-refractivity contribution in [3.05, 3.63) is 62.4 Å². The predicted molar refractivity (Wildman–Crippen MR) is 86.8 cm³/mol. The fourth-order valence-electron chi connectivity index (χ4n) is 2.43. The van der Waals surface area contributed by atoms with Crippen LogP contribution in [0.2, 0.25) is 0 Å². The summed E-state index contributed by atoms with van der Waals surface area (Å²) in [5.41, 5.74) is 2.30. The normalized spacial score (nSPS) is 11.0. The van der Waals surface area contributed by atoms with Crippen LogP contribution in [0, 0.1) is 13.8 Å². The summed E-state index contributed by atoms with van der Waals surface area (Å²) in [6, 6.07) is 10.7. The second-order valence-electron chi connectivity index (χ2n) is 4.98. The lowest BCUT2D eigenvalue weighted by Gasteiger charge is -2.09. The topological polar surface area (TPSA) is 50.4 Å². The van der Waals surface area contributed by atoms with Gasteiger partial charge in [-0.1, -0.05) is 34.1 Å². The van der Waals surface area contributed by atoms with Crippen LogP contribution in [-0.2, 0) is 0 Å². The first kappa shape index (κ1) is 13.9. The summed E-state index contributed by atoms with van der Waals surface area (Å²) in [6.45, 7) is 3.51. The van der Waals surface area contributed by atoms with E-state index in [1.165, 1.54) is 6.07 Å². The Labute approximate surface area is 130 Å². The molecule has 0 fully saturated rings. The molecule has 1 heterocycles. The number of rotatable bonds is 1. The van der Waals surface area contributed by atoms with Crippen LogP contribution in [0.5, 0.6) is 5.75 Å². The first-order chi connectivity index (χ1) is 9.99. The Morgan fingerprint density at radius 2 is 1.86 bits per heavy atom. The number of phenols is 1. The van der Waals surface area contributed by atoms with Gasteiger partial charge in [-0.25, -0.2) is 0 Å². The molecule has 0 unspecified atom stereocenters. The molecule has 1 N–H and O–H groups in total. The van der Waals surface area contributed by atoms with E-state index in [-0.39, 0.29) is 11.2 Å². The van der Waals surface area contributed by atoms with Gasteiger partial charge >= 0.3 is 0 Å². The molecule has 3 aromatic rings. The van der Waals surface area contributed by atoms with E-state index in [9.17, 15) is 9.90 Å². The monoisotopic (exact) mass is 344 g/mol. The van der Waals surface area contributed by atoms with Crippen LogP contribution in [0.25, 0.3) is 22.1 Å². The molecule has 0 bridgehead atoms. The molecule has 21 heavy (non-hydrogen) atoms. The molecule has 0 saturated carbocycles. The van der Waals surface area contributed by atoms with E-state index >= 15 is 0 Å². The number of aromatic hydroxyl groups is 1. The Kier molecular flexibility index (Phi) is 3.33. The van der Waals surface area contributed by atoms with Gasteiger partial charge in [-0.05, 0) is 31.5 Å². The highest BCUT2D eigenvalue weighted by Crippen LogP contribution is 2.31. The maximum Gasteiger partial charge on any atom is 0.200 e. The van der Waals surface area contributed by atoms with Gasteiger partial charge in [0.1, 0.15) is 17.1 Å². The molecule has 0 spiro atoms. The number of phenolic OH excluding ortho intramolecular Hbond substituents is 1. The molecule has 0 aliphatic carbocycles. The van der Waals surface area contributed by atoms with Crippen molar-refractivity contribution in [3.63, 3.8) is 0 Å². The van der Waals surface area contributed by atoms with Gasteiger partial charge in [0.25, 0.3) is 0 Å². The van der Waals surface area contributed by atoms with Crippen LogP contribution >= 0.6 is 15.9 Å². The number of hydrogen-bond donors (Lipinski definition) is 1. The van der Waals surface area contributed by atoms with Gasteiger partial charge in [-0.3, -0.25) is 4.79 Å². The van der Waals surface area contributed by atoms with E-state index in [0.717, 1.165) is 10.0 Å². The molecule has 0 aliphatic heterocycles. The van der Waals surface area contributed by atoms with Crippen molar-refractivity contribution in [2.24, 2.45) is 0 Å². The van der Waals surface area contributed by atoms with E-state index in [1.807, 2.05) is 24.3 Å². The molecule has 106 valence electrons. The average Bonchev–Trinajstić information content (AvgIpc) is 2.43. The Bertz CT molecular complexity index is 910. The lowest BCUT2D eigenvalue weighted by molar-refractivity contribution is 0.469. The van der Waals surface area contributed by atoms with E-state index in [2.05, 4.69) is 15.9 Å². The number of hydrogen-bond acceptors (Lipinski definition) is 3. The quantitative estimate of drug-likeness (QED) is 0.704. The fourth-order valence-corrected chi connectivity index (χ4v) is 2.91. The van der Waals surface area contributed by atoms with Crippen molar-refractivity contribution in [2.45, 2.75) is 13.8 Å². The zero-order chi connectivity index (χ0) is 15.1. The minimum absolute atomic E-state index is 0.0937. The van der Waals surface area contributed by atoms with Crippen molar-refractivity contribution < 1.29 is 9.52 Å². The first-order valence-electron chi connectivity index (χ1n) is 6.51. The third-order valence-corrected chi connectivity index (χ3v) is 4.22. The van der Waals surface area contributed by atoms with Gasteiger partial charge in [-0.15, -0.1) is 0 Å². The zero-order valence-electron chi connectivity index (χ0n) is 11.6. The average molecular weight is 345 g/mol. The first-order valence-corrected chi connectivity index (χ1v) is 7.30. The molecule has 2 aromatic carbocycles. The molecular formula is C17H13BrO3. The Morgan fingerprint density at radius 1 is 1.14 bits per heavy atom. The number of benzene rings is 2. The lowest BCUT2D eigenvalue weighted by Crippen LogP contribution is -2.08. The van der Waals surface area contributed by atoms with Crippen molar-refractivity contribution in [3.8, 4) is 16.9 Å². The van der Waals surface area contributed by atoms with Crippen LogP contribution in [0.1, 0.15) is 11.3 Å². The Morgan fingerprint density at radius 3 is 2.57 bits per heavy atom. The van der Waals surface area contributed by atoms with Crippen molar-refractivity contribution in [1.82, 2.24) is 0 Å². The summed E-state index contributed by atoms with van der Waals surface area (Å²) < 4.78 is 6.58. The number of fused-ring (bicyclic) bond motifs is 1. The van der Waals surface area contributed by atoms with E-state index in [0.29, 0.717) is 27.9 Å². The van der Waals surface area contributed by atoms with Crippen molar-refractivity contribution in [2.75, 3.05) is 0 Å². The summed E-state index contributed by atoms with van der Waals surface area (Å²) in [7, 11) is 0. The SMILES string of the molecule is Cc1cc2c(=O)c(-c3ccccc3Br)c(C)oc2cc1O. The third-order valence-electron chi connectivity index (χ3n) is 3.53. The van der Waals surface area contributed by atoms with Gasteiger partial charge in [0.05, 0.1) is 10.9 Å². The van der Waals surface area contributed by atoms with Crippen LogP contribution in [0.4, 0.5) is 0 Å². The smallest absolute Gasteiger partial charge is 0.200 e. The lowest BCUT2D eigenvalue weighted by atomic mass is 10.0. The minimum Gasteiger partial charge on any atom is -0.508 e. The molecule has 0 radical (unpaired) electrons. The summed E-state index contributed by atoms with van der Waals surface area (Å²) in [6.07, 6.45) is 0. The Balaban J connectivity index is 2.43. The van der Waals surface area contributed by atoms with Crippen LogP contribution < -0.4 is 5.43 Å². The molecule has 0 amide bonds. The molecule has 1 aromatic heterocycles. The molecule has 4 heteroatoms. The second kappa shape index (κ2) is 5.04. The zero-order valence-corrected chi connectivity index (χ0v) is 13.2. The molecule has 3 rings (SSSR count). The highest BCUT2D eigenvalue weighted by molar-refractivity contribution is 9.10. The number of halogens is 1. The van der Waals surface area contributed by atoms with Crippen LogP contribution in [0.15, 0.2) is 50.1 Å². The minimum atomic E-state index is -0.0937. The van der Waals surface area contributed by atoms with Gasteiger partial charge in [0.15, 0.2) is 0 Å². The van der Waals surface area contributed by atoms with Crippen molar-refractivity contribution in [1.29, 1.82) is 0 Å². The molecule has 0 saturated heterocycles. The van der Waals surface area contributed by atoms with Gasteiger partial charge < -0.3 is 9.52 Å². The van der Waals surface area contributed by atoms with E-state index < -0.39 is 0 Å². The molecular weight excluding hydrogens is 332 g/mol. The highest BCUT2D eigenvalue weighted by Gasteiger charge is 2.16. The predicted octanol–water partition coefficient (Wildman–Crippen LogP) is 4.54. The molecule has 0 atom stereocenters. The third kappa shape index (κ3) is 2.25. The van der Waals surface area contributed by atoms with Crippen molar-refractivity contribution >= 4 is 26.9 Å². The fraction of sp³-hybridized carbons (Fsp3) is 0.118. The van der Waals surface area contributed by atoms with Gasteiger partial charge in [0, 0.05) is 16.1 Å². The van der Waals surface area contributed by atoms with Crippen LogP contribution in [0.3, 0.4) is 0 Å².